The first-order valence-corrected chi connectivity index (χ1v) is 9.29. The van der Waals surface area contributed by atoms with Gasteiger partial charge in [0.15, 0.2) is 0 Å². The Morgan fingerprint density at radius 3 is 2.68 bits per heavy atom. The molecule has 1 fully saturated rings. The van der Waals surface area contributed by atoms with Crippen molar-refractivity contribution < 1.29 is 4.79 Å². The highest BCUT2D eigenvalue weighted by Gasteiger charge is 2.25. The van der Waals surface area contributed by atoms with Gasteiger partial charge in [0, 0.05) is 16.8 Å². The zero-order valence-electron chi connectivity index (χ0n) is 14.3. The first kappa shape index (κ1) is 17.4. The number of nitrogens with one attached hydrogen (secondary N) is 1. The molecule has 1 N–H and O–H groups in total. The van der Waals surface area contributed by atoms with Crippen LogP contribution in [0.15, 0.2) is 0 Å². The van der Waals surface area contributed by atoms with Gasteiger partial charge < -0.3 is 10.2 Å². The molecule has 0 radical (unpaired) electrons. The smallest absolute Gasteiger partial charge is 0.223 e. The minimum Gasteiger partial charge on any atom is -0.351 e. The third-order valence-electron chi connectivity index (χ3n) is 4.45. The molecule has 1 aliphatic rings. The maximum absolute atomic E-state index is 12.3. The Hall–Kier alpha value is -0.940. The summed E-state index contributed by atoms with van der Waals surface area (Å²) in [7, 11) is 0. The molecule has 0 spiro atoms. The minimum atomic E-state index is 0.179. The van der Waals surface area contributed by atoms with Crippen LogP contribution in [0.5, 0.6) is 0 Å². The summed E-state index contributed by atoms with van der Waals surface area (Å²) in [5.74, 6) is 0.395. The molecule has 1 amide bonds. The summed E-state index contributed by atoms with van der Waals surface area (Å²) < 4.78 is 0. The summed E-state index contributed by atoms with van der Waals surface area (Å²) in [6.45, 7) is 11.4. The number of likely N-dealkylation sites (tertiary alicyclic amines) is 1. The molecule has 2 rings (SSSR count). The van der Waals surface area contributed by atoms with Crippen molar-refractivity contribution in [3.8, 4) is 0 Å². The summed E-state index contributed by atoms with van der Waals surface area (Å²) in [4.78, 5) is 20.6. The van der Waals surface area contributed by atoms with Gasteiger partial charge in [-0.05, 0) is 59.5 Å². The molecule has 1 aliphatic heterocycles. The van der Waals surface area contributed by atoms with Crippen LogP contribution in [0.25, 0.3) is 0 Å². The van der Waals surface area contributed by atoms with Crippen molar-refractivity contribution in [2.45, 2.75) is 66.0 Å². The van der Waals surface area contributed by atoms with Crippen molar-refractivity contribution in [2.24, 2.45) is 5.92 Å². The average Bonchev–Trinajstić information content (AvgIpc) is 2.85. The second-order valence-corrected chi connectivity index (χ2v) is 7.66. The fourth-order valence-electron chi connectivity index (χ4n) is 2.96. The van der Waals surface area contributed by atoms with Crippen LogP contribution >= 0.6 is 11.3 Å². The van der Waals surface area contributed by atoms with Crippen LogP contribution in [0, 0.1) is 12.8 Å². The highest BCUT2D eigenvalue weighted by atomic mass is 32.1. The highest BCUT2D eigenvalue weighted by Crippen LogP contribution is 2.21. The molecule has 124 valence electrons. The Bertz CT molecular complexity index is 490. The van der Waals surface area contributed by atoms with Gasteiger partial charge >= 0.3 is 0 Å². The second-order valence-electron chi connectivity index (χ2n) is 6.49. The molecule has 0 aromatic carbocycles. The predicted molar refractivity (Wildman–Crippen MR) is 92.1 cm³/mol. The number of carbonyl (C=O) groups excluding carboxylic acids is 1. The van der Waals surface area contributed by atoms with Gasteiger partial charge in [-0.2, -0.15) is 0 Å². The molecular formula is C17H29N3OS. The lowest BCUT2D eigenvalue weighted by atomic mass is 9.95. The number of carbonyl (C=O) groups is 1. The molecule has 0 bridgehead atoms. The van der Waals surface area contributed by atoms with Gasteiger partial charge in [-0.15, -0.1) is 11.3 Å². The lowest BCUT2D eigenvalue weighted by Gasteiger charge is -2.33. The summed E-state index contributed by atoms with van der Waals surface area (Å²) in [6.07, 6.45) is 4.11. The molecule has 0 atom stereocenters. The van der Waals surface area contributed by atoms with Gasteiger partial charge in [0.1, 0.15) is 0 Å². The topological polar surface area (TPSA) is 45.2 Å². The van der Waals surface area contributed by atoms with Gasteiger partial charge in [0.2, 0.25) is 5.91 Å². The van der Waals surface area contributed by atoms with Gasteiger partial charge in [0.25, 0.3) is 0 Å². The van der Waals surface area contributed by atoms with E-state index in [9.17, 15) is 4.79 Å². The minimum absolute atomic E-state index is 0.179. The molecule has 5 heteroatoms. The quantitative estimate of drug-likeness (QED) is 0.875. The van der Waals surface area contributed by atoms with E-state index in [0.29, 0.717) is 12.6 Å². The van der Waals surface area contributed by atoms with Crippen molar-refractivity contribution in [3.63, 3.8) is 0 Å². The summed E-state index contributed by atoms with van der Waals surface area (Å²) in [6, 6.07) is 0.584. The third-order valence-corrected chi connectivity index (χ3v) is 5.67. The van der Waals surface area contributed by atoms with Gasteiger partial charge in [-0.3, -0.25) is 4.79 Å². The van der Waals surface area contributed by atoms with Crippen molar-refractivity contribution >= 4 is 17.2 Å². The predicted octanol–water partition coefficient (Wildman–Crippen LogP) is 3.14. The molecule has 1 aromatic rings. The van der Waals surface area contributed by atoms with E-state index in [4.69, 9.17) is 0 Å². The van der Waals surface area contributed by atoms with E-state index in [2.05, 4.69) is 36.0 Å². The van der Waals surface area contributed by atoms with E-state index >= 15 is 0 Å². The Labute approximate surface area is 138 Å². The van der Waals surface area contributed by atoms with Crippen LogP contribution in [-0.2, 0) is 17.8 Å². The fourth-order valence-corrected chi connectivity index (χ4v) is 4.07. The van der Waals surface area contributed by atoms with Crippen molar-refractivity contribution in [2.75, 3.05) is 13.1 Å². The molecule has 0 unspecified atom stereocenters. The monoisotopic (exact) mass is 323 g/mol. The molecule has 0 aliphatic carbocycles. The molecule has 2 heterocycles. The number of hydrogen-bond acceptors (Lipinski definition) is 4. The van der Waals surface area contributed by atoms with Crippen LogP contribution in [0.3, 0.4) is 0 Å². The van der Waals surface area contributed by atoms with E-state index in [-0.39, 0.29) is 11.8 Å². The van der Waals surface area contributed by atoms with Crippen LogP contribution in [0.2, 0.25) is 0 Å². The first-order valence-electron chi connectivity index (χ1n) is 8.48. The lowest BCUT2D eigenvalue weighted by molar-refractivity contribution is -0.126. The zero-order chi connectivity index (χ0) is 16.1. The number of nitrogens with zero attached hydrogens (tertiary/aromatic N) is 2. The van der Waals surface area contributed by atoms with Crippen molar-refractivity contribution in [1.82, 2.24) is 15.2 Å². The number of thiazole rings is 1. The van der Waals surface area contributed by atoms with E-state index in [0.717, 1.165) is 44.5 Å². The van der Waals surface area contributed by atoms with Gasteiger partial charge in [0.05, 0.1) is 17.2 Å². The third kappa shape index (κ3) is 4.53. The zero-order valence-corrected chi connectivity index (χ0v) is 15.1. The van der Waals surface area contributed by atoms with Crippen LogP contribution in [0.4, 0.5) is 0 Å². The van der Waals surface area contributed by atoms with Gasteiger partial charge in [-0.1, -0.05) is 6.92 Å². The number of piperidine rings is 1. The first-order chi connectivity index (χ1) is 10.5. The van der Waals surface area contributed by atoms with E-state index in [1.54, 1.807) is 11.3 Å². The summed E-state index contributed by atoms with van der Waals surface area (Å²) in [5, 5.41) is 4.31. The highest BCUT2D eigenvalue weighted by molar-refractivity contribution is 7.11. The number of aryl methyl sites for hydroxylation is 2. The van der Waals surface area contributed by atoms with Crippen molar-refractivity contribution in [3.05, 3.63) is 15.6 Å². The van der Waals surface area contributed by atoms with Crippen molar-refractivity contribution in [1.29, 1.82) is 0 Å². The van der Waals surface area contributed by atoms with E-state index in [1.165, 1.54) is 9.88 Å². The number of amides is 1. The van der Waals surface area contributed by atoms with Crippen LogP contribution in [0.1, 0.15) is 55.6 Å². The number of rotatable bonds is 6. The average molecular weight is 324 g/mol. The Balaban J connectivity index is 1.81. The largest absolute Gasteiger partial charge is 0.351 e. The second kappa shape index (κ2) is 8.06. The standard InChI is InChI=1S/C17H29N3OS/c1-5-6-16-19-13(4)15(22-16)11-18-17(21)14-7-9-20(10-8-14)12(2)3/h12,14H,5-11H2,1-4H3,(H,18,21). The number of aromatic nitrogens is 1. The Morgan fingerprint density at radius 2 is 2.09 bits per heavy atom. The lowest BCUT2D eigenvalue weighted by Crippen LogP contribution is -2.42. The van der Waals surface area contributed by atoms with E-state index in [1.807, 2.05) is 6.92 Å². The molecule has 0 saturated carbocycles. The normalized spacial score (nSPS) is 17.1. The van der Waals surface area contributed by atoms with Gasteiger partial charge in [-0.25, -0.2) is 4.98 Å². The maximum Gasteiger partial charge on any atom is 0.223 e. The summed E-state index contributed by atoms with van der Waals surface area (Å²) >= 11 is 1.74. The molecule has 22 heavy (non-hydrogen) atoms. The maximum atomic E-state index is 12.3. The Morgan fingerprint density at radius 1 is 1.41 bits per heavy atom. The molecule has 1 saturated heterocycles. The van der Waals surface area contributed by atoms with Crippen LogP contribution < -0.4 is 5.32 Å². The SMILES string of the molecule is CCCc1nc(C)c(CNC(=O)C2CCN(C(C)C)CC2)s1. The van der Waals surface area contributed by atoms with E-state index < -0.39 is 0 Å². The van der Waals surface area contributed by atoms with Crippen LogP contribution in [-0.4, -0.2) is 34.9 Å². The fraction of sp³-hybridized carbons (Fsp3) is 0.765. The summed E-state index contributed by atoms with van der Waals surface area (Å²) in [5.41, 5.74) is 1.07. The molecule has 1 aromatic heterocycles. The molecular weight excluding hydrogens is 294 g/mol. The Kier molecular flexibility index (Phi) is 6.38. The molecule has 4 nitrogen and oxygen atoms in total. The number of hydrogen-bond donors (Lipinski definition) is 1.